The summed E-state index contributed by atoms with van der Waals surface area (Å²) in [5.41, 5.74) is -0.165. The molecule has 0 fully saturated rings. The Bertz CT molecular complexity index is 809. The minimum Gasteiger partial charge on any atom is -0.465 e. The largest absolute Gasteiger partial charge is 0.465 e. The molecule has 2 aromatic rings. The number of hydrogen-bond donors (Lipinski definition) is 1. The van der Waals surface area contributed by atoms with Gasteiger partial charge in [-0.1, -0.05) is 0 Å². The molecule has 22 heavy (non-hydrogen) atoms. The number of methoxy groups -OCH3 is 1. The Morgan fingerprint density at radius 2 is 1.82 bits per heavy atom. The van der Waals surface area contributed by atoms with Crippen LogP contribution in [0.25, 0.3) is 0 Å². The minimum atomic E-state index is -4.31. The third-order valence-electron chi connectivity index (χ3n) is 2.59. The lowest BCUT2D eigenvalue weighted by molar-refractivity contribution is 0.0599. The number of nitrogens with one attached hydrogen (secondary N) is 1. The van der Waals surface area contributed by atoms with Crippen molar-refractivity contribution in [3.05, 3.63) is 53.5 Å². The first-order valence-electron chi connectivity index (χ1n) is 5.83. The van der Waals surface area contributed by atoms with E-state index in [2.05, 4.69) is 4.74 Å². The van der Waals surface area contributed by atoms with Crippen LogP contribution in [0.2, 0.25) is 0 Å². The molecular weight excluding hydrogens is 317 g/mol. The maximum atomic E-state index is 12.8. The molecule has 1 N–H and O–H groups in total. The summed E-state index contributed by atoms with van der Waals surface area (Å²) in [7, 11) is -3.18. The summed E-state index contributed by atoms with van der Waals surface area (Å²) < 4.78 is 47.6. The van der Waals surface area contributed by atoms with Gasteiger partial charge in [0.1, 0.15) is 12.1 Å². The number of ether oxygens (including phenoxy) is 1. The van der Waals surface area contributed by atoms with Crippen LogP contribution in [0.15, 0.2) is 46.1 Å². The Labute approximate surface area is 124 Å². The van der Waals surface area contributed by atoms with E-state index in [9.17, 15) is 22.4 Å². The average Bonchev–Trinajstić information content (AvgIpc) is 2.97. The Balaban J connectivity index is 2.20. The fourth-order valence-corrected chi connectivity index (χ4v) is 2.43. The molecule has 0 aliphatic rings. The number of esters is 1. The van der Waals surface area contributed by atoms with Crippen molar-refractivity contribution in [2.75, 3.05) is 7.11 Å². The zero-order valence-electron chi connectivity index (χ0n) is 11.2. The highest BCUT2D eigenvalue weighted by Crippen LogP contribution is 2.15. The molecule has 0 bridgehead atoms. The zero-order chi connectivity index (χ0) is 16.3. The highest BCUT2D eigenvalue weighted by atomic mass is 32.2. The predicted molar refractivity (Wildman–Crippen MR) is 71.1 cm³/mol. The molecule has 0 unspecified atom stereocenters. The number of benzene rings is 1. The Kier molecular flexibility index (Phi) is 4.27. The van der Waals surface area contributed by atoms with Gasteiger partial charge in [0.2, 0.25) is 5.09 Å². The smallest absolute Gasteiger partial charge is 0.341 e. The lowest BCUT2D eigenvalue weighted by Gasteiger charge is -2.04. The van der Waals surface area contributed by atoms with Crippen molar-refractivity contribution in [2.45, 2.75) is 5.09 Å². The van der Waals surface area contributed by atoms with Crippen molar-refractivity contribution in [1.82, 2.24) is 4.72 Å². The fourth-order valence-electron chi connectivity index (χ4n) is 1.51. The summed E-state index contributed by atoms with van der Waals surface area (Å²) in [6.45, 7) is 0. The van der Waals surface area contributed by atoms with Gasteiger partial charge in [0.25, 0.3) is 15.9 Å². The van der Waals surface area contributed by atoms with Crippen molar-refractivity contribution < 1.29 is 31.6 Å². The van der Waals surface area contributed by atoms with Crippen molar-refractivity contribution in [2.24, 2.45) is 0 Å². The molecule has 1 heterocycles. The molecule has 0 saturated heterocycles. The number of amides is 1. The van der Waals surface area contributed by atoms with Crippen LogP contribution in [0, 0.1) is 5.82 Å². The molecule has 0 saturated carbocycles. The molecule has 9 heteroatoms. The van der Waals surface area contributed by atoms with E-state index in [1.54, 1.807) is 4.72 Å². The van der Waals surface area contributed by atoms with E-state index in [-0.39, 0.29) is 11.1 Å². The maximum Gasteiger partial charge on any atom is 0.341 e. The van der Waals surface area contributed by atoms with E-state index in [0.717, 1.165) is 43.7 Å². The molecule has 0 aliphatic carbocycles. The van der Waals surface area contributed by atoms with E-state index in [4.69, 9.17) is 4.42 Å². The Morgan fingerprint density at radius 3 is 2.41 bits per heavy atom. The molecule has 1 aromatic carbocycles. The van der Waals surface area contributed by atoms with Gasteiger partial charge in [-0.05, 0) is 24.3 Å². The lowest BCUT2D eigenvalue weighted by atomic mass is 10.2. The summed E-state index contributed by atoms with van der Waals surface area (Å²) >= 11 is 0. The van der Waals surface area contributed by atoms with Crippen molar-refractivity contribution in [1.29, 1.82) is 0 Å². The van der Waals surface area contributed by atoms with E-state index in [0.29, 0.717) is 0 Å². The number of halogens is 1. The summed E-state index contributed by atoms with van der Waals surface area (Å²) in [5.74, 6) is -2.31. The zero-order valence-corrected chi connectivity index (χ0v) is 12.0. The highest BCUT2D eigenvalue weighted by molar-refractivity contribution is 7.90. The van der Waals surface area contributed by atoms with E-state index >= 15 is 0 Å². The van der Waals surface area contributed by atoms with Gasteiger partial charge < -0.3 is 9.15 Å². The van der Waals surface area contributed by atoms with E-state index in [1.165, 1.54) is 0 Å². The predicted octanol–water partition coefficient (Wildman–Crippen LogP) is 1.32. The van der Waals surface area contributed by atoms with Crippen molar-refractivity contribution in [3.63, 3.8) is 0 Å². The van der Waals surface area contributed by atoms with Crippen LogP contribution in [0.1, 0.15) is 20.7 Å². The molecular formula is C13H10FNO6S. The Morgan fingerprint density at radius 1 is 1.18 bits per heavy atom. The molecule has 1 amide bonds. The quantitative estimate of drug-likeness (QED) is 0.850. The standard InChI is InChI=1S/C13H10FNO6S/c1-20-13(17)9-6-11(21-7-9)22(18,19)15-12(16)8-2-4-10(14)5-3-8/h2-7H,1H3,(H,15,16). The van der Waals surface area contributed by atoms with Gasteiger partial charge in [-0.15, -0.1) is 0 Å². The SMILES string of the molecule is COC(=O)c1coc(S(=O)(=O)NC(=O)c2ccc(F)cc2)c1. The second-order valence-electron chi connectivity index (χ2n) is 4.09. The minimum absolute atomic E-state index is 0.0512. The van der Waals surface area contributed by atoms with Crippen LogP contribution in [0.5, 0.6) is 0 Å². The average molecular weight is 327 g/mol. The number of furan rings is 1. The van der Waals surface area contributed by atoms with E-state index < -0.39 is 32.8 Å². The fraction of sp³-hybridized carbons (Fsp3) is 0.0769. The number of carbonyl (C=O) groups excluding carboxylic acids is 2. The van der Waals surface area contributed by atoms with Crippen LogP contribution in [-0.2, 0) is 14.8 Å². The molecule has 0 spiro atoms. The molecule has 2 rings (SSSR count). The van der Waals surface area contributed by atoms with Gasteiger partial charge in [0.05, 0.1) is 12.7 Å². The molecule has 0 atom stereocenters. The molecule has 1 aromatic heterocycles. The molecule has 116 valence electrons. The monoisotopic (exact) mass is 327 g/mol. The van der Waals surface area contributed by atoms with Crippen molar-refractivity contribution in [3.8, 4) is 0 Å². The second-order valence-corrected chi connectivity index (χ2v) is 5.70. The van der Waals surface area contributed by atoms with E-state index in [1.807, 2.05) is 0 Å². The summed E-state index contributed by atoms with van der Waals surface area (Å²) in [6, 6.07) is 5.21. The van der Waals surface area contributed by atoms with Crippen LogP contribution < -0.4 is 4.72 Å². The van der Waals surface area contributed by atoms with Crippen LogP contribution in [0.3, 0.4) is 0 Å². The first-order valence-corrected chi connectivity index (χ1v) is 7.31. The number of rotatable bonds is 4. The van der Waals surface area contributed by atoms with Crippen molar-refractivity contribution >= 4 is 21.9 Å². The van der Waals surface area contributed by atoms with Gasteiger partial charge in [0, 0.05) is 11.6 Å². The van der Waals surface area contributed by atoms with Gasteiger partial charge in [-0.3, -0.25) is 4.79 Å². The third kappa shape index (κ3) is 3.31. The first-order chi connectivity index (χ1) is 10.3. The first kappa shape index (κ1) is 15.7. The van der Waals surface area contributed by atoms with Gasteiger partial charge in [-0.2, -0.15) is 8.42 Å². The summed E-state index contributed by atoms with van der Waals surface area (Å²) in [6.07, 6.45) is 0.892. The van der Waals surface area contributed by atoms with Crippen LogP contribution in [0.4, 0.5) is 4.39 Å². The molecule has 7 nitrogen and oxygen atoms in total. The van der Waals surface area contributed by atoms with Gasteiger partial charge >= 0.3 is 5.97 Å². The van der Waals surface area contributed by atoms with Gasteiger partial charge in [-0.25, -0.2) is 13.9 Å². The highest BCUT2D eigenvalue weighted by Gasteiger charge is 2.24. The summed E-state index contributed by atoms with van der Waals surface area (Å²) in [5, 5.41) is -0.622. The topological polar surface area (TPSA) is 103 Å². The van der Waals surface area contributed by atoms with Crippen LogP contribution >= 0.6 is 0 Å². The van der Waals surface area contributed by atoms with Crippen LogP contribution in [-0.4, -0.2) is 27.4 Å². The Hall–Kier alpha value is -2.68. The normalized spacial score (nSPS) is 11.0. The summed E-state index contributed by atoms with van der Waals surface area (Å²) in [4.78, 5) is 23.0. The number of carbonyl (C=O) groups is 2. The second kappa shape index (κ2) is 5.98. The number of sulfonamides is 1. The lowest BCUT2D eigenvalue weighted by Crippen LogP contribution is -2.30. The van der Waals surface area contributed by atoms with Gasteiger partial charge in [0.15, 0.2) is 0 Å². The maximum absolute atomic E-state index is 12.8. The molecule has 0 aliphatic heterocycles. The molecule has 0 radical (unpaired) electrons. The third-order valence-corrected chi connectivity index (χ3v) is 3.79. The number of hydrogen-bond acceptors (Lipinski definition) is 6.